The van der Waals surface area contributed by atoms with Crippen LogP contribution in [-0.2, 0) is 0 Å². The van der Waals surface area contributed by atoms with E-state index in [4.69, 9.17) is 0 Å². The van der Waals surface area contributed by atoms with E-state index in [1.54, 1.807) is 11.8 Å². The fourth-order valence-corrected chi connectivity index (χ4v) is 2.54. The number of aromatic nitrogens is 1. The van der Waals surface area contributed by atoms with Crippen LogP contribution in [0.15, 0.2) is 23.7 Å². The molecule has 1 aromatic rings. The van der Waals surface area contributed by atoms with Gasteiger partial charge in [0.2, 0.25) is 0 Å². The summed E-state index contributed by atoms with van der Waals surface area (Å²) in [5.41, 5.74) is 0. The van der Waals surface area contributed by atoms with E-state index in [2.05, 4.69) is 34.4 Å². The number of rotatable bonds is 3. The van der Waals surface area contributed by atoms with E-state index in [0.717, 1.165) is 0 Å². The quantitative estimate of drug-likeness (QED) is 0.706. The van der Waals surface area contributed by atoms with Crippen molar-refractivity contribution in [3.05, 3.63) is 18.7 Å². The third kappa shape index (κ3) is 1.57. The Morgan fingerprint density at radius 2 is 2.07 bits per heavy atom. The highest BCUT2D eigenvalue weighted by atomic mass is 32.2. The Bertz CT molecular complexity index is 324. The lowest BCUT2D eigenvalue weighted by Gasteiger charge is -2.18. The molecule has 0 amide bonds. The number of nitrogens with zero attached hydrogens (tertiary/aromatic N) is 2. The molecule has 0 bridgehead atoms. The molecule has 0 atom stereocenters. The van der Waals surface area contributed by atoms with Gasteiger partial charge in [0.25, 0.3) is 0 Å². The highest BCUT2D eigenvalue weighted by Gasteiger charge is 2.16. The Kier molecular flexibility index (Phi) is 2.87. The summed E-state index contributed by atoms with van der Waals surface area (Å²) in [6.45, 7) is 6.24. The monoisotopic (exact) mass is 208 g/mol. The second-order valence-corrected chi connectivity index (χ2v) is 4.31. The first-order valence-corrected chi connectivity index (χ1v) is 6.22. The van der Waals surface area contributed by atoms with Gasteiger partial charge in [-0.05, 0) is 31.2 Å². The maximum atomic E-state index is 3.87. The predicted molar refractivity (Wildman–Crippen MR) is 64.0 cm³/mol. The Morgan fingerprint density at radius 3 is 2.64 bits per heavy atom. The zero-order valence-corrected chi connectivity index (χ0v) is 9.39. The van der Waals surface area contributed by atoms with Crippen molar-refractivity contribution >= 4 is 23.8 Å². The number of thioether (sulfide) groups is 1. The van der Waals surface area contributed by atoms with Crippen LogP contribution in [0.2, 0.25) is 0 Å². The fraction of sp³-hybridized carbons (Fsp3) is 0.455. The average molecular weight is 208 g/mol. The molecule has 0 aromatic carbocycles. The number of anilines is 1. The summed E-state index contributed by atoms with van der Waals surface area (Å²) in [5, 5.41) is 1.27. The van der Waals surface area contributed by atoms with Crippen LogP contribution >= 0.6 is 11.8 Å². The fourth-order valence-electron chi connectivity index (χ4n) is 1.97. The first kappa shape index (κ1) is 9.71. The van der Waals surface area contributed by atoms with Gasteiger partial charge in [0.1, 0.15) is 5.82 Å². The van der Waals surface area contributed by atoms with Gasteiger partial charge in [-0.2, -0.15) is 0 Å². The summed E-state index contributed by atoms with van der Waals surface area (Å²) in [5.74, 6) is 1.29. The van der Waals surface area contributed by atoms with Crippen molar-refractivity contribution in [2.24, 2.45) is 0 Å². The molecule has 2 nitrogen and oxygen atoms in total. The summed E-state index contributed by atoms with van der Waals surface area (Å²) in [7, 11) is 0. The van der Waals surface area contributed by atoms with Gasteiger partial charge in [-0.1, -0.05) is 6.58 Å². The van der Waals surface area contributed by atoms with Gasteiger partial charge >= 0.3 is 0 Å². The summed E-state index contributed by atoms with van der Waals surface area (Å²) in [6.07, 6.45) is 6.64. The van der Waals surface area contributed by atoms with Gasteiger partial charge in [0, 0.05) is 19.3 Å². The lowest BCUT2D eigenvalue weighted by Crippen LogP contribution is -2.19. The van der Waals surface area contributed by atoms with E-state index in [9.17, 15) is 0 Å². The minimum absolute atomic E-state index is 1.19. The highest BCUT2D eigenvalue weighted by Crippen LogP contribution is 2.27. The van der Waals surface area contributed by atoms with Gasteiger partial charge < -0.3 is 4.90 Å². The van der Waals surface area contributed by atoms with Crippen molar-refractivity contribution in [2.45, 2.75) is 17.9 Å². The average Bonchev–Trinajstić information content (AvgIpc) is 2.85. The topological polar surface area (TPSA) is 8.17 Å². The summed E-state index contributed by atoms with van der Waals surface area (Å²) < 4.78 is 2.18. The summed E-state index contributed by atoms with van der Waals surface area (Å²) in [4.78, 5) is 2.43. The molecule has 0 saturated carbocycles. The van der Waals surface area contributed by atoms with Crippen molar-refractivity contribution in [1.82, 2.24) is 4.57 Å². The first-order chi connectivity index (χ1) is 6.86. The second-order valence-electron chi connectivity index (χ2n) is 3.48. The molecule has 1 aliphatic rings. The van der Waals surface area contributed by atoms with E-state index < -0.39 is 0 Å². The van der Waals surface area contributed by atoms with Gasteiger partial charge in [-0.15, -0.1) is 11.8 Å². The Balaban J connectivity index is 2.31. The molecule has 76 valence electrons. The van der Waals surface area contributed by atoms with Crippen LogP contribution in [0.4, 0.5) is 5.82 Å². The maximum absolute atomic E-state index is 3.87. The molecule has 1 saturated heterocycles. The lowest BCUT2D eigenvalue weighted by atomic mass is 10.4. The zero-order chi connectivity index (χ0) is 9.97. The summed E-state index contributed by atoms with van der Waals surface area (Å²) >= 11 is 1.76. The Labute approximate surface area is 89.6 Å². The van der Waals surface area contributed by atoms with Gasteiger partial charge in [0.05, 0.1) is 5.03 Å². The molecule has 1 aliphatic heterocycles. The summed E-state index contributed by atoms with van der Waals surface area (Å²) in [6, 6.07) is 4.36. The SMILES string of the molecule is C=Cn1c(SC)ccc1N1CCCC1. The molecular weight excluding hydrogens is 192 g/mol. The molecule has 0 aliphatic carbocycles. The minimum atomic E-state index is 1.19. The van der Waals surface area contributed by atoms with Crippen molar-refractivity contribution in [3.63, 3.8) is 0 Å². The third-order valence-corrected chi connectivity index (χ3v) is 3.43. The van der Waals surface area contributed by atoms with E-state index in [0.29, 0.717) is 0 Å². The smallest absolute Gasteiger partial charge is 0.113 e. The zero-order valence-electron chi connectivity index (χ0n) is 8.57. The largest absolute Gasteiger partial charge is 0.358 e. The van der Waals surface area contributed by atoms with Crippen molar-refractivity contribution in [1.29, 1.82) is 0 Å². The minimum Gasteiger partial charge on any atom is -0.358 e. The molecule has 14 heavy (non-hydrogen) atoms. The van der Waals surface area contributed by atoms with Crippen LogP contribution in [0.1, 0.15) is 12.8 Å². The van der Waals surface area contributed by atoms with Crippen molar-refractivity contribution in [3.8, 4) is 0 Å². The number of hydrogen-bond donors (Lipinski definition) is 0. The van der Waals surface area contributed by atoms with Crippen LogP contribution in [0.3, 0.4) is 0 Å². The van der Waals surface area contributed by atoms with Gasteiger partial charge in [-0.25, -0.2) is 0 Å². The molecule has 2 rings (SSSR count). The van der Waals surface area contributed by atoms with Crippen LogP contribution in [-0.4, -0.2) is 23.9 Å². The normalized spacial score (nSPS) is 16.2. The Hall–Kier alpha value is -0.830. The first-order valence-electron chi connectivity index (χ1n) is 4.99. The maximum Gasteiger partial charge on any atom is 0.113 e. The molecule has 3 heteroatoms. The lowest BCUT2D eigenvalue weighted by molar-refractivity contribution is 0.890. The third-order valence-electron chi connectivity index (χ3n) is 2.68. The van der Waals surface area contributed by atoms with Gasteiger partial charge in [0.15, 0.2) is 0 Å². The number of hydrogen-bond acceptors (Lipinski definition) is 2. The van der Waals surface area contributed by atoms with Crippen molar-refractivity contribution in [2.75, 3.05) is 24.2 Å². The standard InChI is InChI=1S/C11H16N2S/c1-3-13-10(6-7-11(13)14-2)12-8-4-5-9-12/h3,6-7H,1,4-5,8-9H2,2H3. The van der Waals surface area contributed by atoms with E-state index in [-0.39, 0.29) is 0 Å². The van der Waals surface area contributed by atoms with E-state index >= 15 is 0 Å². The van der Waals surface area contributed by atoms with Gasteiger partial charge in [-0.3, -0.25) is 4.57 Å². The molecule has 0 radical (unpaired) electrons. The van der Waals surface area contributed by atoms with Crippen LogP contribution in [0.25, 0.3) is 6.20 Å². The molecular formula is C11H16N2S. The molecule has 0 spiro atoms. The Morgan fingerprint density at radius 1 is 1.36 bits per heavy atom. The second kappa shape index (κ2) is 4.13. The molecule has 2 heterocycles. The molecule has 1 fully saturated rings. The molecule has 0 unspecified atom stereocenters. The highest BCUT2D eigenvalue weighted by molar-refractivity contribution is 7.98. The van der Waals surface area contributed by atoms with E-state index in [1.165, 1.54) is 36.8 Å². The van der Waals surface area contributed by atoms with Crippen molar-refractivity contribution < 1.29 is 0 Å². The van der Waals surface area contributed by atoms with E-state index in [1.807, 2.05) is 6.20 Å². The molecule has 1 aromatic heterocycles. The predicted octanol–water partition coefficient (Wildman–Crippen LogP) is 2.91. The molecule has 0 N–H and O–H groups in total. The van der Waals surface area contributed by atoms with Crippen LogP contribution in [0.5, 0.6) is 0 Å². The van der Waals surface area contributed by atoms with Crippen LogP contribution in [0, 0.1) is 0 Å². The van der Waals surface area contributed by atoms with Crippen LogP contribution < -0.4 is 4.90 Å².